The van der Waals surface area contributed by atoms with Crippen molar-refractivity contribution in [3.05, 3.63) is 99.9 Å². The van der Waals surface area contributed by atoms with E-state index in [4.69, 9.17) is 16.3 Å². The van der Waals surface area contributed by atoms with Gasteiger partial charge in [0.1, 0.15) is 5.75 Å². The third kappa shape index (κ3) is 4.79. The van der Waals surface area contributed by atoms with Crippen LogP contribution in [0.1, 0.15) is 0 Å². The molecule has 0 amide bonds. The van der Waals surface area contributed by atoms with Gasteiger partial charge in [-0.15, -0.1) is 0 Å². The molecule has 1 heterocycles. The van der Waals surface area contributed by atoms with E-state index in [2.05, 4.69) is 5.10 Å². The zero-order valence-electron chi connectivity index (χ0n) is 17.0. The lowest BCUT2D eigenvalue weighted by Gasteiger charge is -2.14. The Kier molecular flexibility index (Phi) is 6.01. The number of sulfone groups is 1. The highest BCUT2D eigenvalue weighted by Crippen LogP contribution is 2.31. The summed E-state index contributed by atoms with van der Waals surface area (Å²) in [5.74, 6) is -2.05. The van der Waals surface area contributed by atoms with E-state index in [-0.39, 0.29) is 21.9 Å². The fourth-order valence-corrected chi connectivity index (χ4v) is 3.80. The first kappa shape index (κ1) is 22.6. The quantitative estimate of drug-likeness (QED) is 0.394. The molecule has 10 heteroatoms. The van der Waals surface area contributed by atoms with Gasteiger partial charge < -0.3 is 4.74 Å². The molecule has 0 bridgehead atoms. The first-order valence-corrected chi connectivity index (χ1v) is 11.7. The molecule has 0 atom stereocenters. The maximum Gasteiger partial charge on any atom is 0.315 e. The molecule has 0 saturated carbocycles. The number of hydrogen-bond donors (Lipinski definition) is 0. The summed E-state index contributed by atoms with van der Waals surface area (Å²) in [7, 11) is -3.41. The SMILES string of the molecule is CS(=O)(=O)c1ccc(-c2cnn(-c3ccc(F)c(F)c3)c(=O)c2Oc2ccc(Cl)cc2)cc1. The van der Waals surface area contributed by atoms with Gasteiger partial charge in [-0.3, -0.25) is 4.79 Å². The van der Waals surface area contributed by atoms with Gasteiger partial charge in [-0.05, 0) is 54.1 Å². The lowest BCUT2D eigenvalue weighted by Crippen LogP contribution is -2.23. The van der Waals surface area contributed by atoms with Crippen LogP contribution in [0.5, 0.6) is 11.5 Å². The van der Waals surface area contributed by atoms with Crippen molar-refractivity contribution in [2.24, 2.45) is 0 Å². The normalized spacial score (nSPS) is 11.4. The van der Waals surface area contributed by atoms with E-state index in [1.807, 2.05) is 0 Å². The van der Waals surface area contributed by atoms with Crippen LogP contribution in [0.4, 0.5) is 8.78 Å². The van der Waals surface area contributed by atoms with Gasteiger partial charge in [0.25, 0.3) is 0 Å². The molecule has 0 aliphatic heterocycles. The Balaban J connectivity index is 1.88. The predicted molar refractivity (Wildman–Crippen MR) is 120 cm³/mol. The van der Waals surface area contributed by atoms with Gasteiger partial charge in [0.15, 0.2) is 21.5 Å². The summed E-state index contributed by atoms with van der Waals surface area (Å²) < 4.78 is 57.4. The summed E-state index contributed by atoms with van der Waals surface area (Å²) in [6.07, 6.45) is 2.41. The standard InChI is InChI=1S/C23H15ClF2N2O4S/c1-33(30,31)18-9-2-14(3-10-18)19-13-27-28(16-6-11-20(25)21(26)12-16)23(29)22(19)32-17-7-4-15(24)5-8-17/h2-13H,1H3. The van der Waals surface area contributed by atoms with Crippen molar-refractivity contribution in [2.75, 3.05) is 6.26 Å². The first-order valence-electron chi connectivity index (χ1n) is 9.45. The van der Waals surface area contributed by atoms with E-state index < -0.39 is 27.0 Å². The second-order valence-electron chi connectivity index (χ2n) is 7.06. The molecule has 6 nitrogen and oxygen atoms in total. The molecule has 0 saturated heterocycles. The average Bonchev–Trinajstić information content (AvgIpc) is 2.78. The number of ether oxygens (including phenoxy) is 1. The Morgan fingerprint density at radius 2 is 1.61 bits per heavy atom. The molecule has 168 valence electrons. The van der Waals surface area contributed by atoms with Crippen LogP contribution in [0.3, 0.4) is 0 Å². The topological polar surface area (TPSA) is 78.3 Å². The first-order chi connectivity index (χ1) is 15.6. The summed E-state index contributed by atoms with van der Waals surface area (Å²) in [5.41, 5.74) is 0.00159. The summed E-state index contributed by atoms with van der Waals surface area (Å²) in [4.78, 5) is 13.4. The van der Waals surface area contributed by atoms with E-state index in [0.717, 1.165) is 23.1 Å². The van der Waals surface area contributed by atoms with E-state index in [0.29, 0.717) is 16.3 Å². The number of aromatic nitrogens is 2. The summed E-state index contributed by atoms with van der Waals surface area (Å²) in [6.45, 7) is 0. The maximum atomic E-state index is 13.7. The minimum Gasteiger partial charge on any atom is -0.451 e. The summed E-state index contributed by atoms with van der Waals surface area (Å²) >= 11 is 5.91. The maximum absolute atomic E-state index is 13.7. The number of nitrogens with zero attached hydrogens (tertiary/aromatic N) is 2. The fraction of sp³-hybridized carbons (Fsp3) is 0.0435. The van der Waals surface area contributed by atoms with Crippen LogP contribution >= 0.6 is 11.6 Å². The molecule has 3 aromatic carbocycles. The molecule has 0 aliphatic carbocycles. The second kappa shape index (κ2) is 8.76. The van der Waals surface area contributed by atoms with Gasteiger partial charge in [0, 0.05) is 17.3 Å². The predicted octanol–water partition coefficient (Wildman–Crippen LogP) is 5.03. The largest absolute Gasteiger partial charge is 0.451 e. The van der Waals surface area contributed by atoms with Crippen LogP contribution in [-0.2, 0) is 9.84 Å². The molecular weight excluding hydrogens is 474 g/mol. The molecule has 0 aliphatic rings. The average molecular weight is 489 g/mol. The van der Waals surface area contributed by atoms with Gasteiger partial charge in [-0.1, -0.05) is 23.7 Å². The van der Waals surface area contributed by atoms with Gasteiger partial charge >= 0.3 is 5.56 Å². The van der Waals surface area contributed by atoms with E-state index >= 15 is 0 Å². The fourth-order valence-electron chi connectivity index (χ4n) is 3.05. The Morgan fingerprint density at radius 1 is 0.939 bits per heavy atom. The van der Waals surface area contributed by atoms with Crippen molar-refractivity contribution in [3.63, 3.8) is 0 Å². The molecule has 4 rings (SSSR count). The lowest BCUT2D eigenvalue weighted by atomic mass is 10.1. The molecular formula is C23H15ClF2N2O4S. The van der Waals surface area contributed by atoms with Crippen LogP contribution in [0.2, 0.25) is 5.02 Å². The van der Waals surface area contributed by atoms with Gasteiger partial charge in [-0.2, -0.15) is 9.78 Å². The number of halogens is 3. The van der Waals surface area contributed by atoms with E-state index in [1.165, 1.54) is 36.5 Å². The highest BCUT2D eigenvalue weighted by Gasteiger charge is 2.18. The third-order valence-corrected chi connectivity index (χ3v) is 6.09. The Morgan fingerprint density at radius 3 is 2.21 bits per heavy atom. The van der Waals surface area contributed by atoms with Gasteiger partial charge in [0.05, 0.1) is 22.3 Å². The Labute approximate surface area is 192 Å². The zero-order chi connectivity index (χ0) is 23.8. The Bertz CT molecular complexity index is 1500. The molecule has 0 fully saturated rings. The number of rotatable bonds is 5. The highest BCUT2D eigenvalue weighted by atomic mass is 35.5. The van der Waals surface area contributed by atoms with Crippen molar-refractivity contribution in [1.29, 1.82) is 0 Å². The van der Waals surface area contributed by atoms with E-state index in [1.54, 1.807) is 24.3 Å². The summed E-state index contributed by atoms with van der Waals surface area (Å²) in [6, 6.07) is 15.0. The van der Waals surface area contributed by atoms with Gasteiger partial charge in [-0.25, -0.2) is 17.2 Å². The second-order valence-corrected chi connectivity index (χ2v) is 9.51. The smallest absolute Gasteiger partial charge is 0.315 e. The van der Waals surface area contributed by atoms with Crippen molar-refractivity contribution in [2.45, 2.75) is 4.90 Å². The van der Waals surface area contributed by atoms with E-state index in [9.17, 15) is 22.0 Å². The van der Waals surface area contributed by atoms with Gasteiger partial charge in [0.2, 0.25) is 5.75 Å². The van der Waals surface area contributed by atoms with Crippen LogP contribution in [0, 0.1) is 11.6 Å². The third-order valence-electron chi connectivity index (χ3n) is 4.71. The van der Waals surface area contributed by atoms with Crippen molar-refractivity contribution < 1.29 is 21.9 Å². The monoisotopic (exact) mass is 488 g/mol. The zero-order valence-corrected chi connectivity index (χ0v) is 18.6. The lowest BCUT2D eigenvalue weighted by molar-refractivity contribution is 0.469. The van der Waals surface area contributed by atoms with Crippen LogP contribution in [0.15, 0.2) is 82.6 Å². The minimum absolute atomic E-state index is 0.00108. The van der Waals surface area contributed by atoms with Crippen molar-refractivity contribution >= 4 is 21.4 Å². The molecule has 4 aromatic rings. The molecule has 33 heavy (non-hydrogen) atoms. The molecule has 0 unspecified atom stereocenters. The number of benzene rings is 3. The molecule has 0 N–H and O–H groups in total. The molecule has 0 radical (unpaired) electrons. The number of hydrogen-bond acceptors (Lipinski definition) is 5. The van der Waals surface area contributed by atoms with Crippen LogP contribution < -0.4 is 10.3 Å². The van der Waals surface area contributed by atoms with Crippen LogP contribution in [-0.4, -0.2) is 24.5 Å². The Hall–Kier alpha value is -3.56. The molecule has 0 spiro atoms. The minimum atomic E-state index is -3.41. The van der Waals surface area contributed by atoms with Crippen molar-refractivity contribution in [3.8, 4) is 28.3 Å². The highest BCUT2D eigenvalue weighted by molar-refractivity contribution is 7.90. The van der Waals surface area contributed by atoms with Crippen molar-refractivity contribution in [1.82, 2.24) is 9.78 Å². The van der Waals surface area contributed by atoms with Crippen LogP contribution in [0.25, 0.3) is 16.8 Å². The molecule has 1 aromatic heterocycles. The summed E-state index contributed by atoms with van der Waals surface area (Å²) in [5, 5.41) is 4.54.